The van der Waals surface area contributed by atoms with Gasteiger partial charge in [0.2, 0.25) is 5.88 Å². The maximum absolute atomic E-state index is 5.61. The molecule has 1 heterocycles. The molecule has 1 unspecified atom stereocenters. The first-order valence-electron chi connectivity index (χ1n) is 5.45. The molecule has 0 aliphatic carbocycles. The molecule has 0 spiro atoms. The molecule has 2 nitrogen and oxygen atoms in total. The number of rotatable bonds is 4. The van der Waals surface area contributed by atoms with Gasteiger partial charge < -0.3 is 4.74 Å². The highest BCUT2D eigenvalue weighted by Crippen LogP contribution is 2.15. The van der Waals surface area contributed by atoms with Gasteiger partial charge in [-0.15, -0.1) is 0 Å². The fourth-order valence-corrected chi connectivity index (χ4v) is 1.52. The maximum Gasteiger partial charge on any atom is 0.213 e. The first-order chi connectivity index (χ1) is 7.86. The van der Waals surface area contributed by atoms with Crippen molar-refractivity contribution in [1.82, 2.24) is 4.98 Å². The third-order valence-electron chi connectivity index (χ3n) is 2.49. The van der Waals surface area contributed by atoms with Crippen molar-refractivity contribution in [3.05, 3.63) is 60.3 Å². The predicted molar refractivity (Wildman–Crippen MR) is 64.6 cm³/mol. The summed E-state index contributed by atoms with van der Waals surface area (Å²) in [6, 6.07) is 16.0. The molecule has 0 saturated heterocycles. The van der Waals surface area contributed by atoms with Crippen molar-refractivity contribution in [3.8, 4) is 5.88 Å². The molecule has 2 heteroatoms. The van der Waals surface area contributed by atoms with Crippen LogP contribution in [0.15, 0.2) is 54.7 Å². The Kier molecular flexibility index (Phi) is 3.54. The second-order valence-electron chi connectivity index (χ2n) is 3.79. The van der Waals surface area contributed by atoms with E-state index in [0.717, 1.165) is 0 Å². The van der Waals surface area contributed by atoms with Gasteiger partial charge in [-0.2, -0.15) is 0 Å². The summed E-state index contributed by atoms with van der Waals surface area (Å²) in [7, 11) is 0. The second kappa shape index (κ2) is 5.31. The molecule has 0 aliphatic rings. The normalized spacial score (nSPS) is 12.1. The van der Waals surface area contributed by atoms with Gasteiger partial charge in [-0.1, -0.05) is 43.3 Å². The molecule has 0 bridgehead atoms. The highest BCUT2D eigenvalue weighted by atomic mass is 16.5. The van der Waals surface area contributed by atoms with Gasteiger partial charge in [0.05, 0.1) is 6.61 Å². The van der Waals surface area contributed by atoms with Crippen molar-refractivity contribution < 1.29 is 4.74 Å². The summed E-state index contributed by atoms with van der Waals surface area (Å²) in [5.74, 6) is 1.06. The van der Waals surface area contributed by atoms with Crippen molar-refractivity contribution in [3.63, 3.8) is 0 Å². The van der Waals surface area contributed by atoms with Crippen LogP contribution in [0.25, 0.3) is 0 Å². The fourth-order valence-electron chi connectivity index (χ4n) is 1.52. The first-order valence-corrected chi connectivity index (χ1v) is 5.45. The minimum atomic E-state index is 0.378. The van der Waals surface area contributed by atoms with Crippen molar-refractivity contribution in [2.45, 2.75) is 12.8 Å². The summed E-state index contributed by atoms with van der Waals surface area (Å²) in [6.07, 6.45) is 1.74. The van der Waals surface area contributed by atoms with Crippen LogP contribution in [0.4, 0.5) is 0 Å². The molecule has 1 atom stereocenters. The third-order valence-corrected chi connectivity index (χ3v) is 2.49. The molecule has 2 aromatic rings. The summed E-state index contributed by atoms with van der Waals surface area (Å²) in [4.78, 5) is 4.12. The summed E-state index contributed by atoms with van der Waals surface area (Å²) < 4.78 is 5.61. The number of benzene rings is 1. The third kappa shape index (κ3) is 2.83. The van der Waals surface area contributed by atoms with Crippen molar-refractivity contribution >= 4 is 0 Å². The van der Waals surface area contributed by atoms with Crippen LogP contribution in [-0.2, 0) is 0 Å². The molecule has 0 amide bonds. The van der Waals surface area contributed by atoms with E-state index in [0.29, 0.717) is 18.4 Å². The highest BCUT2D eigenvalue weighted by molar-refractivity contribution is 5.19. The Morgan fingerprint density at radius 3 is 2.50 bits per heavy atom. The summed E-state index contributed by atoms with van der Waals surface area (Å²) in [6.45, 7) is 2.80. The van der Waals surface area contributed by atoms with Gasteiger partial charge in [0.25, 0.3) is 0 Å². The molecule has 0 fully saturated rings. The van der Waals surface area contributed by atoms with Crippen LogP contribution >= 0.6 is 0 Å². The molecule has 1 aromatic carbocycles. The molecular weight excluding hydrogens is 198 g/mol. The number of aromatic nitrogens is 1. The monoisotopic (exact) mass is 213 g/mol. The number of pyridine rings is 1. The van der Waals surface area contributed by atoms with E-state index in [1.54, 1.807) is 6.20 Å². The molecule has 82 valence electrons. The van der Waals surface area contributed by atoms with Gasteiger partial charge in [-0.05, 0) is 11.6 Å². The van der Waals surface area contributed by atoms with Crippen LogP contribution in [0.3, 0.4) is 0 Å². The SMILES string of the molecule is CC(COc1ccccn1)c1ccccc1. The summed E-state index contributed by atoms with van der Waals surface area (Å²) >= 11 is 0. The van der Waals surface area contributed by atoms with Gasteiger partial charge >= 0.3 is 0 Å². The van der Waals surface area contributed by atoms with E-state index in [9.17, 15) is 0 Å². The van der Waals surface area contributed by atoms with E-state index in [-0.39, 0.29) is 0 Å². The zero-order valence-electron chi connectivity index (χ0n) is 9.34. The zero-order valence-corrected chi connectivity index (χ0v) is 9.34. The topological polar surface area (TPSA) is 22.1 Å². The molecule has 2 rings (SSSR count). The van der Waals surface area contributed by atoms with Gasteiger partial charge in [-0.25, -0.2) is 4.98 Å². The summed E-state index contributed by atoms with van der Waals surface area (Å²) in [5.41, 5.74) is 1.29. The lowest BCUT2D eigenvalue weighted by Crippen LogP contribution is -2.07. The number of ether oxygens (including phenoxy) is 1. The van der Waals surface area contributed by atoms with Gasteiger partial charge in [0, 0.05) is 18.2 Å². The Bertz CT molecular complexity index is 413. The van der Waals surface area contributed by atoms with E-state index >= 15 is 0 Å². The largest absolute Gasteiger partial charge is 0.477 e. The summed E-state index contributed by atoms with van der Waals surface area (Å²) in [5, 5.41) is 0. The smallest absolute Gasteiger partial charge is 0.213 e. The minimum absolute atomic E-state index is 0.378. The quantitative estimate of drug-likeness (QED) is 0.777. The molecule has 1 aromatic heterocycles. The average Bonchev–Trinajstić information content (AvgIpc) is 2.38. The zero-order chi connectivity index (χ0) is 11.2. The van der Waals surface area contributed by atoms with E-state index in [2.05, 4.69) is 24.0 Å². The van der Waals surface area contributed by atoms with E-state index < -0.39 is 0 Å². The van der Waals surface area contributed by atoms with Crippen molar-refractivity contribution in [2.24, 2.45) is 0 Å². The van der Waals surface area contributed by atoms with Crippen LogP contribution < -0.4 is 4.74 Å². The van der Waals surface area contributed by atoms with Crippen molar-refractivity contribution in [2.75, 3.05) is 6.61 Å². The van der Waals surface area contributed by atoms with Crippen LogP contribution in [0.2, 0.25) is 0 Å². The van der Waals surface area contributed by atoms with Gasteiger partial charge in [-0.3, -0.25) is 0 Å². The number of hydrogen-bond acceptors (Lipinski definition) is 2. The lowest BCUT2D eigenvalue weighted by atomic mass is 10.0. The highest BCUT2D eigenvalue weighted by Gasteiger charge is 2.05. The Labute approximate surface area is 95.9 Å². The fraction of sp³-hybridized carbons (Fsp3) is 0.214. The van der Waals surface area contributed by atoms with Crippen LogP contribution in [0, 0.1) is 0 Å². The lowest BCUT2D eigenvalue weighted by molar-refractivity contribution is 0.285. The number of hydrogen-bond donors (Lipinski definition) is 0. The van der Waals surface area contributed by atoms with Crippen LogP contribution in [0.1, 0.15) is 18.4 Å². The number of nitrogens with zero attached hydrogens (tertiary/aromatic N) is 1. The van der Waals surface area contributed by atoms with E-state index in [1.807, 2.05) is 36.4 Å². The molecular formula is C14H15NO. The average molecular weight is 213 g/mol. The van der Waals surface area contributed by atoms with E-state index in [1.165, 1.54) is 5.56 Å². The van der Waals surface area contributed by atoms with Crippen LogP contribution in [0.5, 0.6) is 5.88 Å². The Hall–Kier alpha value is -1.83. The molecule has 0 radical (unpaired) electrons. The molecule has 16 heavy (non-hydrogen) atoms. The van der Waals surface area contributed by atoms with Crippen LogP contribution in [-0.4, -0.2) is 11.6 Å². The Balaban J connectivity index is 1.92. The Morgan fingerprint density at radius 1 is 1.06 bits per heavy atom. The predicted octanol–water partition coefficient (Wildman–Crippen LogP) is 3.26. The van der Waals surface area contributed by atoms with Gasteiger partial charge in [0.15, 0.2) is 0 Å². The second-order valence-corrected chi connectivity index (χ2v) is 3.79. The molecule has 0 aliphatic heterocycles. The standard InChI is InChI=1S/C14H15NO/c1-12(13-7-3-2-4-8-13)11-16-14-9-5-6-10-15-14/h2-10,12H,11H2,1H3. The lowest BCUT2D eigenvalue weighted by Gasteiger charge is -2.12. The first kappa shape index (κ1) is 10.7. The maximum atomic E-state index is 5.61. The Morgan fingerprint density at radius 2 is 1.81 bits per heavy atom. The van der Waals surface area contributed by atoms with Crippen molar-refractivity contribution in [1.29, 1.82) is 0 Å². The van der Waals surface area contributed by atoms with E-state index in [4.69, 9.17) is 4.74 Å². The molecule has 0 saturated carbocycles. The molecule has 0 N–H and O–H groups in total. The minimum Gasteiger partial charge on any atom is -0.477 e. The van der Waals surface area contributed by atoms with Gasteiger partial charge in [0.1, 0.15) is 0 Å².